The van der Waals surface area contributed by atoms with Gasteiger partial charge in [-0.25, -0.2) is 0 Å². The quantitative estimate of drug-likeness (QED) is 0.814. The van der Waals surface area contributed by atoms with E-state index in [1.807, 2.05) is 18.2 Å². The molecule has 21 heavy (non-hydrogen) atoms. The van der Waals surface area contributed by atoms with Gasteiger partial charge < -0.3 is 10.4 Å². The van der Waals surface area contributed by atoms with Crippen LogP contribution in [-0.2, 0) is 0 Å². The van der Waals surface area contributed by atoms with Crippen LogP contribution >= 0.6 is 23.4 Å². The second-order valence-corrected chi connectivity index (χ2v) is 7.87. The topological polar surface area (TPSA) is 35.5 Å². The van der Waals surface area contributed by atoms with E-state index in [0.717, 1.165) is 36.6 Å². The van der Waals surface area contributed by atoms with Gasteiger partial charge in [-0.3, -0.25) is 4.90 Å². The molecule has 0 bridgehead atoms. The van der Waals surface area contributed by atoms with Gasteiger partial charge in [-0.15, -0.1) is 11.8 Å². The third-order valence-electron chi connectivity index (χ3n) is 3.84. The molecule has 1 fully saturated rings. The average molecular weight is 329 g/mol. The Bertz CT molecular complexity index is 464. The zero-order valence-corrected chi connectivity index (χ0v) is 14.5. The van der Waals surface area contributed by atoms with E-state index in [-0.39, 0.29) is 6.04 Å². The maximum absolute atomic E-state index is 10.8. The Labute approximate surface area is 137 Å². The van der Waals surface area contributed by atoms with E-state index in [0.29, 0.717) is 10.3 Å². The van der Waals surface area contributed by atoms with E-state index < -0.39 is 6.10 Å². The van der Waals surface area contributed by atoms with E-state index in [4.69, 9.17) is 11.6 Å². The number of halogens is 1. The minimum absolute atomic E-state index is 0.0945. The highest BCUT2D eigenvalue weighted by atomic mass is 35.5. The van der Waals surface area contributed by atoms with E-state index in [1.165, 1.54) is 0 Å². The van der Waals surface area contributed by atoms with Crippen molar-refractivity contribution in [2.75, 3.05) is 26.2 Å². The van der Waals surface area contributed by atoms with Gasteiger partial charge in [0, 0.05) is 47.4 Å². The van der Waals surface area contributed by atoms with Gasteiger partial charge in [-0.05, 0) is 30.7 Å². The molecule has 1 saturated heterocycles. The Morgan fingerprint density at radius 1 is 1.24 bits per heavy atom. The van der Waals surface area contributed by atoms with Crippen molar-refractivity contribution in [1.82, 2.24) is 10.2 Å². The molecule has 2 N–H and O–H groups in total. The van der Waals surface area contributed by atoms with Crippen LogP contribution in [0.25, 0.3) is 0 Å². The molecule has 0 saturated carbocycles. The minimum atomic E-state index is -0.511. The van der Waals surface area contributed by atoms with Crippen LogP contribution in [0.3, 0.4) is 0 Å². The molecule has 2 unspecified atom stereocenters. The molecule has 1 heterocycles. The lowest BCUT2D eigenvalue weighted by Gasteiger charge is -2.36. The number of thioether (sulfide) groups is 1. The Morgan fingerprint density at radius 3 is 2.52 bits per heavy atom. The van der Waals surface area contributed by atoms with E-state index in [2.05, 4.69) is 31.0 Å². The van der Waals surface area contributed by atoms with Crippen molar-refractivity contribution in [3.63, 3.8) is 0 Å². The summed E-state index contributed by atoms with van der Waals surface area (Å²) in [5.41, 5.74) is 0.951. The molecule has 3 nitrogen and oxygen atoms in total. The van der Waals surface area contributed by atoms with Crippen molar-refractivity contribution < 1.29 is 5.11 Å². The monoisotopic (exact) mass is 328 g/mol. The second-order valence-electron chi connectivity index (χ2n) is 5.82. The smallest absolute Gasteiger partial charge is 0.0953 e. The highest BCUT2D eigenvalue weighted by molar-refractivity contribution is 8.00. The predicted molar refractivity (Wildman–Crippen MR) is 91.3 cm³/mol. The molecule has 1 aromatic carbocycles. The largest absolute Gasteiger partial charge is 0.387 e. The Kier molecular flexibility index (Phi) is 6.38. The number of nitrogens with zero attached hydrogens (tertiary/aromatic N) is 1. The van der Waals surface area contributed by atoms with Gasteiger partial charge in [0.2, 0.25) is 0 Å². The second kappa shape index (κ2) is 7.84. The summed E-state index contributed by atoms with van der Waals surface area (Å²) >= 11 is 7.92. The van der Waals surface area contributed by atoms with E-state index in [9.17, 15) is 5.11 Å². The van der Waals surface area contributed by atoms with Gasteiger partial charge in [-0.2, -0.15) is 0 Å². The predicted octanol–water partition coefficient (Wildman–Crippen LogP) is 3.17. The fourth-order valence-electron chi connectivity index (χ4n) is 2.66. The Hall–Kier alpha value is -0.260. The third kappa shape index (κ3) is 4.60. The molecule has 2 rings (SSSR count). The number of piperazine rings is 1. The van der Waals surface area contributed by atoms with Gasteiger partial charge >= 0.3 is 0 Å². The number of aliphatic hydroxyl groups is 1. The lowest BCUT2D eigenvalue weighted by Crippen LogP contribution is -2.49. The molecule has 0 radical (unpaired) electrons. The molecule has 2 atom stereocenters. The maximum atomic E-state index is 10.8. The van der Waals surface area contributed by atoms with Crippen LogP contribution in [0, 0.1) is 0 Å². The molecule has 118 valence electrons. The summed E-state index contributed by atoms with van der Waals surface area (Å²) < 4.78 is 0. The minimum Gasteiger partial charge on any atom is -0.387 e. The van der Waals surface area contributed by atoms with E-state index >= 15 is 0 Å². The van der Waals surface area contributed by atoms with Crippen molar-refractivity contribution in [1.29, 1.82) is 0 Å². The number of aliphatic hydroxyl groups excluding tert-OH is 1. The summed E-state index contributed by atoms with van der Waals surface area (Å²) in [6.07, 6.45) is -0.511. The molecule has 0 amide bonds. The molecular weight excluding hydrogens is 304 g/mol. The summed E-state index contributed by atoms with van der Waals surface area (Å²) in [4.78, 5) is 3.47. The van der Waals surface area contributed by atoms with Crippen LogP contribution in [-0.4, -0.2) is 47.5 Å². The van der Waals surface area contributed by atoms with Gasteiger partial charge in [0.05, 0.1) is 6.10 Å². The molecule has 0 aliphatic carbocycles. The molecule has 0 aromatic heterocycles. The SMILES string of the molecule is CC(C)Sc1ccc(Cl)cc1C(O)C(C)N1CCNCC1. The number of rotatable bonds is 5. The first-order valence-electron chi connectivity index (χ1n) is 7.58. The van der Waals surface area contributed by atoms with Crippen LogP contribution in [0.15, 0.2) is 23.1 Å². The van der Waals surface area contributed by atoms with Crippen molar-refractivity contribution in [3.8, 4) is 0 Å². The molecule has 1 aliphatic rings. The molecule has 0 spiro atoms. The first-order valence-corrected chi connectivity index (χ1v) is 8.83. The van der Waals surface area contributed by atoms with Gasteiger partial charge in [-0.1, -0.05) is 25.4 Å². The highest BCUT2D eigenvalue weighted by Crippen LogP contribution is 2.34. The standard InChI is InChI=1S/C16H25ClN2OS/c1-11(2)21-15-5-4-13(17)10-14(15)16(20)12(3)19-8-6-18-7-9-19/h4-5,10-12,16,18,20H,6-9H2,1-3H3. The average Bonchev–Trinajstić information content (AvgIpc) is 2.48. The van der Waals surface area contributed by atoms with Crippen molar-refractivity contribution in [2.24, 2.45) is 0 Å². The molecule has 1 aromatic rings. The molecule has 5 heteroatoms. The zero-order valence-electron chi connectivity index (χ0n) is 13.0. The third-order valence-corrected chi connectivity index (χ3v) is 5.17. The summed E-state index contributed by atoms with van der Waals surface area (Å²) in [6.45, 7) is 10.3. The van der Waals surface area contributed by atoms with Gasteiger partial charge in [0.15, 0.2) is 0 Å². The summed E-state index contributed by atoms with van der Waals surface area (Å²) in [5, 5.41) is 15.3. The lowest BCUT2D eigenvalue weighted by atomic mass is 10.0. The van der Waals surface area contributed by atoms with Crippen molar-refractivity contribution in [2.45, 2.75) is 43.1 Å². The number of nitrogens with one attached hydrogen (secondary N) is 1. The zero-order chi connectivity index (χ0) is 15.4. The fourth-order valence-corrected chi connectivity index (χ4v) is 3.81. The summed E-state index contributed by atoms with van der Waals surface area (Å²) in [5.74, 6) is 0. The Balaban J connectivity index is 2.19. The van der Waals surface area contributed by atoms with Crippen molar-refractivity contribution >= 4 is 23.4 Å². The van der Waals surface area contributed by atoms with Crippen LogP contribution in [0.1, 0.15) is 32.4 Å². The fraction of sp³-hybridized carbons (Fsp3) is 0.625. The van der Waals surface area contributed by atoms with Gasteiger partial charge in [0.1, 0.15) is 0 Å². The van der Waals surface area contributed by atoms with Crippen LogP contribution in [0.5, 0.6) is 0 Å². The molecular formula is C16H25ClN2OS. The maximum Gasteiger partial charge on any atom is 0.0953 e. The van der Waals surface area contributed by atoms with Gasteiger partial charge in [0.25, 0.3) is 0 Å². The first-order chi connectivity index (χ1) is 9.99. The Morgan fingerprint density at radius 2 is 1.90 bits per heavy atom. The van der Waals surface area contributed by atoms with Crippen LogP contribution in [0.2, 0.25) is 5.02 Å². The summed E-state index contributed by atoms with van der Waals surface area (Å²) in [6, 6.07) is 5.93. The normalized spacial score (nSPS) is 19.7. The summed E-state index contributed by atoms with van der Waals surface area (Å²) in [7, 11) is 0. The number of hydrogen-bond acceptors (Lipinski definition) is 4. The number of hydrogen-bond donors (Lipinski definition) is 2. The highest BCUT2D eigenvalue weighted by Gasteiger charge is 2.26. The first kappa shape index (κ1) is 17.1. The number of benzene rings is 1. The van der Waals surface area contributed by atoms with Crippen LogP contribution in [0.4, 0.5) is 0 Å². The molecule has 1 aliphatic heterocycles. The lowest BCUT2D eigenvalue weighted by molar-refractivity contribution is 0.0494. The van der Waals surface area contributed by atoms with Crippen LogP contribution < -0.4 is 5.32 Å². The van der Waals surface area contributed by atoms with E-state index in [1.54, 1.807) is 11.8 Å². The van der Waals surface area contributed by atoms with Crippen molar-refractivity contribution in [3.05, 3.63) is 28.8 Å².